The molecular weight excluding hydrogens is 262 g/mol. The molecular formula is C12H19N5O3. The first-order valence-corrected chi connectivity index (χ1v) is 6.73. The van der Waals surface area contributed by atoms with Crippen molar-refractivity contribution in [1.29, 1.82) is 0 Å². The van der Waals surface area contributed by atoms with Crippen molar-refractivity contribution in [2.75, 3.05) is 13.1 Å². The van der Waals surface area contributed by atoms with Gasteiger partial charge in [0.2, 0.25) is 5.91 Å². The Kier molecular flexibility index (Phi) is 4.67. The van der Waals surface area contributed by atoms with Crippen LogP contribution in [0.15, 0.2) is 12.4 Å². The molecule has 1 aliphatic rings. The number of carbonyl (C=O) groups excluding carboxylic acids is 1. The maximum absolute atomic E-state index is 11.9. The van der Waals surface area contributed by atoms with E-state index in [1.165, 1.54) is 17.1 Å². The summed E-state index contributed by atoms with van der Waals surface area (Å²) in [5, 5.41) is 20.7. The number of carbonyl (C=O) groups is 1. The van der Waals surface area contributed by atoms with Gasteiger partial charge in [-0.3, -0.25) is 19.6 Å². The lowest BCUT2D eigenvalue weighted by Crippen LogP contribution is -2.48. The van der Waals surface area contributed by atoms with E-state index in [2.05, 4.69) is 22.7 Å². The molecule has 1 fully saturated rings. The average molecular weight is 281 g/mol. The zero-order valence-electron chi connectivity index (χ0n) is 11.4. The van der Waals surface area contributed by atoms with Gasteiger partial charge in [0.25, 0.3) is 0 Å². The molecule has 2 atom stereocenters. The number of hydrogen-bond acceptors (Lipinski definition) is 5. The Bertz CT molecular complexity index is 487. The second kappa shape index (κ2) is 6.47. The fourth-order valence-corrected chi connectivity index (χ4v) is 2.29. The van der Waals surface area contributed by atoms with E-state index < -0.39 is 4.92 Å². The SMILES string of the molecule is CC1CNCCC1NC(=O)CCn1cc([N+](=O)[O-])cn1. The van der Waals surface area contributed by atoms with Crippen LogP contribution in [0.5, 0.6) is 0 Å². The molecule has 110 valence electrons. The highest BCUT2D eigenvalue weighted by Crippen LogP contribution is 2.11. The van der Waals surface area contributed by atoms with Gasteiger partial charge in [0.05, 0.1) is 4.92 Å². The molecule has 0 aromatic carbocycles. The van der Waals surface area contributed by atoms with E-state index in [1.54, 1.807) is 0 Å². The zero-order valence-corrected chi connectivity index (χ0v) is 11.4. The van der Waals surface area contributed by atoms with E-state index in [0.717, 1.165) is 19.5 Å². The lowest BCUT2D eigenvalue weighted by Gasteiger charge is -2.30. The largest absolute Gasteiger partial charge is 0.353 e. The number of nitro groups is 1. The highest BCUT2D eigenvalue weighted by molar-refractivity contribution is 5.76. The van der Waals surface area contributed by atoms with E-state index in [4.69, 9.17) is 0 Å². The van der Waals surface area contributed by atoms with Crippen LogP contribution < -0.4 is 10.6 Å². The van der Waals surface area contributed by atoms with Crippen molar-refractivity contribution < 1.29 is 9.72 Å². The average Bonchev–Trinajstić information content (AvgIpc) is 2.88. The smallest absolute Gasteiger partial charge is 0.306 e. The maximum Gasteiger partial charge on any atom is 0.306 e. The van der Waals surface area contributed by atoms with Crippen LogP contribution in [0.25, 0.3) is 0 Å². The maximum atomic E-state index is 11.9. The topological polar surface area (TPSA) is 102 Å². The molecule has 1 saturated heterocycles. The minimum absolute atomic E-state index is 0.0399. The summed E-state index contributed by atoms with van der Waals surface area (Å²) in [6.07, 6.45) is 3.73. The van der Waals surface area contributed by atoms with Crippen molar-refractivity contribution >= 4 is 11.6 Å². The number of aryl methyl sites for hydroxylation is 1. The molecule has 8 heteroatoms. The molecule has 2 rings (SSSR count). The summed E-state index contributed by atoms with van der Waals surface area (Å²) in [4.78, 5) is 21.9. The fourth-order valence-electron chi connectivity index (χ4n) is 2.29. The Morgan fingerprint density at radius 3 is 3.15 bits per heavy atom. The molecule has 2 heterocycles. The Hall–Kier alpha value is -1.96. The van der Waals surface area contributed by atoms with Gasteiger partial charge in [-0.05, 0) is 25.4 Å². The number of nitrogens with zero attached hydrogens (tertiary/aromatic N) is 3. The number of hydrogen-bond donors (Lipinski definition) is 2. The summed E-state index contributed by atoms with van der Waals surface area (Å²) in [5.74, 6) is 0.375. The molecule has 1 aromatic rings. The van der Waals surface area contributed by atoms with Gasteiger partial charge < -0.3 is 10.6 Å². The predicted octanol–water partition coefficient (Wildman–Crippen LogP) is 0.296. The van der Waals surface area contributed by atoms with E-state index in [-0.39, 0.29) is 24.1 Å². The van der Waals surface area contributed by atoms with Crippen LogP contribution in [0.4, 0.5) is 5.69 Å². The van der Waals surface area contributed by atoms with Crippen LogP contribution in [-0.4, -0.2) is 39.7 Å². The minimum Gasteiger partial charge on any atom is -0.353 e. The Balaban J connectivity index is 1.78. The second-order valence-corrected chi connectivity index (χ2v) is 5.11. The summed E-state index contributed by atoms with van der Waals surface area (Å²) in [7, 11) is 0. The molecule has 0 radical (unpaired) electrons. The Labute approximate surface area is 116 Å². The van der Waals surface area contributed by atoms with Crippen LogP contribution in [0, 0.1) is 16.0 Å². The number of rotatable bonds is 5. The number of aromatic nitrogens is 2. The van der Waals surface area contributed by atoms with Crippen LogP contribution in [0.2, 0.25) is 0 Å². The highest BCUT2D eigenvalue weighted by Gasteiger charge is 2.22. The third-order valence-electron chi connectivity index (χ3n) is 3.53. The van der Waals surface area contributed by atoms with Gasteiger partial charge in [-0.1, -0.05) is 6.92 Å². The zero-order chi connectivity index (χ0) is 14.5. The molecule has 1 aliphatic heterocycles. The number of piperidine rings is 1. The van der Waals surface area contributed by atoms with E-state index >= 15 is 0 Å². The van der Waals surface area contributed by atoms with Crippen molar-refractivity contribution in [3.63, 3.8) is 0 Å². The number of nitrogens with one attached hydrogen (secondary N) is 2. The van der Waals surface area contributed by atoms with Crippen LogP contribution in [0.1, 0.15) is 19.8 Å². The molecule has 0 bridgehead atoms. The van der Waals surface area contributed by atoms with Crippen LogP contribution in [0.3, 0.4) is 0 Å². The Morgan fingerprint density at radius 2 is 2.50 bits per heavy atom. The summed E-state index contributed by atoms with van der Waals surface area (Å²) >= 11 is 0. The number of amides is 1. The van der Waals surface area contributed by atoms with Crippen LogP contribution in [-0.2, 0) is 11.3 Å². The molecule has 8 nitrogen and oxygen atoms in total. The van der Waals surface area contributed by atoms with Gasteiger partial charge in [0, 0.05) is 19.0 Å². The summed E-state index contributed by atoms with van der Waals surface area (Å²) in [6.45, 7) is 4.28. The molecule has 0 spiro atoms. The van der Waals surface area contributed by atoms with E-state index in [9.17, 15) is 14.9 Å². The van der Waals surface area contributed by atoms with Gasteiger partial charge in [-0.2, -0.15) is 5.10 Å². The van der Waals surface area contributed by atoms with Crippen molar-refractivity contribution in [2.45, 2.75) is 32.4 Å². The summed E-state index contributed by atoms with van der Waals surface area (Å²) < 4.78 is 1.42. The lowest BCUT2D eigenvalue weighted by molar-refractivity contribution is -0.385. The quantitative estimate of drug-likeness (QED) is 0.597. The monoisotopic (exact) mass is 281 g/mol. The van der Waals surface area contributed by atoms with Crippen molar-refractivity contribution in [2.24, 2.45) is 5.92 Å². The summed E-state index contributed by atoms with van der Waals surface area (Å²) in [5.41, 5.74) is -0.0580. The summed E-state index contributed by atoms with van der Waals surface area (Å²) in [6, 6.07) is 0.204. The van der Waals surface area contributed by atoms with Gasteiger partial charge in [0.15, 0.2) is 0 Å². The molecule has 20 heavy (non-hydrogen) atoms. The van der Waals surface area contributed by atoms with Gasteiger partial charge in [0.1, 0.15) is 12.4 Å². The molecule has 1 amide bonds. The third kappa shape index (κ3) is 3.77. The van der Waals surface area contributed by atoms with Crippen LogP contribution >= 0.6 is 0 Å². The Morgan fingerprint density at radius 1 is 1.70 bits per heavy atom. The van der Waals surface area contributed by atoms with Crippen molar-refractivity contribution in [3.8, 4) is 0 Å². The third-order valence-corrected chi connectivity index (χ3v) is 3.53. The predicted molar refractivity (Wildman–Crippen MR) is 72.1 cm³/mol. The molecule has 2 N–H and O–H groups in total. The standard InChI is InChI=1S/C12H19N5O3/c1-9-6-13-4-2-11(9)15-12(18)3-5-16-8-10(7-14-16)17(19)20/h7-9,11,13H,2-6H2,1H3,(H,15,18). The normalized spacial score (nSPS) is 22.4. The van der Waals surface area contributed by atoms with Crippen molar-refractivity contribution in [3.05, 3.63) is 22.5 Å². The first kappa shape index (κ1) is 14.4. The molecule has 2 unspecified atom stereocenters. The molecule has 0 aliphatic carbocycles. The fraction of sp³-hybridized carbons (Fsp3) is 0.667. The first-order valence-electron chi connectivity index (χ1n) is 6.73. The van der Waals surface area contributed by atoms with E-state index in [0.29, 0.717) is 12.5 Å². The minimum atomic E-state index is -0.500. The van der Waals surface area contributed by atoms with E-state index in [1.807, 2.05) is 0 Å². The van der Waals surface area contributed by atoms with Gasteiger partial charge in [-0.15, -0.1) is 0 Å². The van der Waals surface area contributed by atoms with Gasteiger partial charge >= 0.3 is 5.69 Å². The second-order valence-electron chi connectivity index (χ2n) is 5.11. The molecule has 0 saturated carbocycles. The highest BCUT2D eigenvalue weighted by atomic mass is 16.6. The van der Waals surface area contributed by atoms with Crippen molar-refractivity contribution in [1.82, 2.24) is 20.4 Å². The van der Waals surface area contributed by atoms with Gasteiger partial charge in [-0.25, -0.2) is 0 Å². The molecule has 1 aromatic heterocycles. The lowest BCUT2D eigenvalue weighted by atomic mass is 9.95. The first-order chi connectivity index (χ1) is 9.56.